The number of aromatic amines is 1. The van der Waals surface area contributed by atoms with Crippen molar-refractivity contribution < 1.29 is 13.2 Å². The van der Waals surface area contributed by atoms with Crippen LogP contribution >= 0.6 is 11.3 Å². The second kappa shape index (κ2) is 4.89. The van der Waals surface area contributed by atoms with Gasteiger partial charge in [-0.2, -0.15) is 0 Å². The summed E-state index contributed by atoms with van der Waals surface area (Å²) in [5, 5.41) is 0. The number of hydrogen-bond donors (Lipinski definition) is 2. The maximum absolute atomic E-state index is 11.9. The van der Waals surface area contributed by atoms with E-state index in [0.29, 0.717) is 23.6 Å². The van der Waals surface area contributed by atoms with Gasteiger partial charge in [0.15, 0.2) is 4.21 Å². The van der Waals surface area contributed by atoms with Crippen LogP contribution in [0.3, 0.4) is 0 Å². The molecule has 1 unspecified atom stereocenters. The SMILES string of the molecule is Cc1[nH]c(=O)sc1S(=O)(=O)NCC1CCCO1. The minimum Gasteiger partial charge on any atom is -0.377 e. The summed E-state index contributed by atoms with van der Waals surface area (Å²) in [7, 11) is -3.60. The predicted octanol–water partition coefficient (Wildman–Crippen LogP) is 0.202. The number of rotatable bonds is 4. The fourth-order valence-corrected chi connectivity index (χ4v) is 4.13. The average molecular weight is 278 g/mol. The lowest BCUT2D eigenvalue weighted by atomic mass is 10.2. The standard InChI is InChI=1S/C9H14N2O4S2/c1-6-8(16-9(12)11-6)17(13,14)10-5-7-3-2-4-15-7/h7,10H,2-5H2,1H3,(H,11,12). The molecule has 0 saturated carbocycles. The molecule has 2 N–H and O–H groups in total. The Hall–Kier alpha value is -0.700. The smallest absolute Gasteiger partial charge is 0.305 e. The third-order valence-electron chi connectivity index (χ3n) is 2.55. The van der Waals surface area contributed by atoms with Gasteiger partial charge in [0.1, 0.15) is 0 Å². The van der Waals surface area contributed by atoms with E-state index < -0.39 is 10.0 Å². The van der Waals surface area contributed by atoms with Gasteiger partial charge in [0.25, 0.3) is 10.0 Å². The first-order valence-electron chi connectivity index (χ1n) is 5.30. The van der Waals surface area contributed by atoms with Crippen molar-refractivity contribution in [2.24, 2.45) is 0 Å². The summed E-state index contributed by atoms with van der Waals surface area (Å²) in [5.74, 6) is 0. The summed E-state index contributed by atoms with van der Waals surface area (Å²) >= 11 is 0.701. The van der Waals surface area contributed by atoms with E-state index >= 15 is 0 Å². The van der Waals surface area contributed by atoms with Crippen molar-refractivity contribution >= 4 is 21.4 Å². The van der Waals surface area contributed by atoms with Gasteiger partial charge < -0.3 is 9.72 Å². The molecule has 1 aliphatic rings. The zero-order valence-corrected chi connectivity index (χ0v) is 11.0. The summed E-state index contributed by atoms with van der Waals surface area (Å²) in [6.07, 6.45) is 1.77. The van der Waals surface area contributed by atoms with Crippen LogP contribution in [-0.2, 0) is 14.8 Å². The van der Waals surface area contributed by atoms with E-state index in [1.54, 1.807) is 6.92 Å². The Morgan fingerprint density at radius 3 is 2.88 bits per heavy atom. The molecular formula is C9H14N2O4S2. The lowest BCUT2D eigenvalue weighted by Gasteiger charge is -2.10. The van der Waals surface area contributed by atoms with Crippen molar-refractivity contribution in [1.82, 2.24) is 9.71 Å². The van der Waals surface area contributed by atoms with Crippen LogP contribution in [0, 0.1) is 6.92 Å². The number of sulfonamides is 1. The predicted molar refractivity (Wildman–Crippen MR) is 63.8 cm³/mol. The second-order valence-electron chi connectivity index (χ2n) is 3.91. The number of hydrogen-bond acceptors (Lipinski definition) is 5. The molecule has 0 bridgehead atoms. The van der Waals surface area contributed by atoms with E-state index in [9.17, 15) is 13.2 Å². The lowest BCUT2D eigenvalue weighted by molar-refractivity contribution is 0.114. The van der Waals surface area contributed by atoms with Crippen LogP contribution in [0.4, 0.5) is 0 Å². The van der Waals surface area contributed by atoms with Gasteiger partial charge in [0, 0.05) is 18.8 Å². The molecule has 17 heavy (non-hydrogen) atoms. The molecule has 0 aromatic carbocycles. The number of ether oxygens (including phenoxy) is 1. The van der Waals surface area contributed by atoms with Crippen molar-refractivity contribution in [3.8, 4) is 0 Å². The molecule has 1 atom stereocenters. The summed E-state index contributed by atoms with van der Waals surface area (Å²) in [5.41, 5.74) is 0.375. The highest BCUT2D eigenvalue weighted by molar-refractivity contribution is 7.91. The Morgan fingerprint density at radius 1 is 1.59 bits per heavy atom. The number of nitrogens with one attached hydrogen (secondary N) is 2. The number of thiazole rings is 1. The van der Waals surface area contributed by atoms with E-state index in [0.717, 1.165) is 12.8 Å². The molecule has 0 aliphatic carbocycles. The number of aryl methyl sites for hydroxylation is 1. The van der Waals surface area contributed by atoms with Gasteiger partial charge in [-0.15, -0.1) is 0 Å². The van der Waals surface area contributed by atoms with Crippen molar-refractivity contribution in [2.45, 2.75) is 30.1 Å². The normalized spacial score (nSPS) is 20.9. The molecule has 2 rings (SSSR count). The zero-order valence-electron chi connectivity index (χ0n) is 9.36. The van der Waals surface area contributed by atoms with Crippen molar-refractivity contribution in [3.05, 3.63) is 15.4 Å². The molecular weight excluding hydrogens is 264 g/mol. The molecule has 1 aliphatic heterocycles. The summed E-state index contributed by atoms with van der Waals surface area (Å²) in [6.45, 7) is 2.51. The molecule has 1 saturated heterocycles. The zero-order chi connectivity index (χ0) is 12.5. The molecule has 6 nitrogen and oxygen atoms in total. The van der Waals surface area contributed by atoms with E-state index in [1.807, 2.05) is 0 Å². The first kappa shape index (κ1) is 12.7. The van der Waals surface area contributed by atoms with E-state index in [2.05, 4.69) is 9.71 Å². The third kappa shape index (κ3) is 2.95. The van der Waals surface area contributed by atoms with Gasteiger partial charge in [-0.25, -0.2) is 13.1 Å². The van der Waals surface area contributed by atoms with Crippen LogP contribution in [0.5, 0.6) is 0 Å². The Labute approximate surface area is 103 Å². The van der Waals surface area contributed by atoms with Crippen LogP contribution in [0.15, 0.2) is 9.00 Å². The van der Waals surface area contributed by atoms with Gasteiger partial charge in [0.05, 0.1) is 6.10 Å². The molecule has 1 fully saturated rings. The van der Waals surface area contributed by atoms with Crippen molar-refractivity contribution in [1.29, 1.82) is 0 Å². The van der Waals surface area contributed by atoms with Crippen LogP contribution in [-0.4, -0.2) is 32.7 Å². The van der Waals surface area contributed by atoms with Crippen molar-refractivity contribution in [2.75, 3.05) is 13.2 Å². The maximum atomic E-state index is 11.9. The Bertz CT molecular complexity index is 540. The van der Waals surface area contributed by atoms with Gasteiger partial charge >= 0.3 is 4.87 Å². The lowest BCUT2D eigenvalue weighted by Crippen LogP contribution is -2.31. The summed E-state index contributed by atoms with van der Waals surface area (Å²) in [4.78, 5) is 13.2. The molecule has 2 heterocycles. The highest BCUT2D eigenvalue weighted by Crippen LogP contribution is 2.16. The first-order valence-corrected chi connectivity index (χ1v) is 7.60. The molecule has 0 radical (unpaired) electrons. The van der Waals surface area contributed by atoms with E-state index in [1.165, 1.54) is 0 Å². The molecule has 0 spiro atoms. The second-order valence-corrected chi connectivity index (χ2v) is 6.86. The molecule has 96 valence electrons. The summed E-state index contributed by atoms with van der Waals surface area (Å²) < 4.78 is 31.7. The Balaban J connectivity index is 2.08. The van der Waals surface area contributed by atoms with Crippen LogP contribution in [0.25, 0.3) is 0 Å². The van der Waals surface area contributed by atoms with Crippen LogP contribution in [0.2, 0.25) is 0 Å². The Kier molecular flexibility index (Phi) is 3.67. The number of H-pyrrole nitrogens is 1. The van der Waals surface area contributed by atoms with Crippen LogP contribution in [0.1, 0.15) is 18.5 Å². The van der Waals surface area contributed by atoms with Crippen molar-refractivity contribution in [3.63, 3.8) is 0 Å². The minimum absolute atomic E-state index is 0.0549. The highest BCUT2D eigenvalue weighted by atomic mass is 32.2. The summed E-state index contributed by atoms with van der Waals surface area (Å²) in [6, 6.07) is 0. The van der Waals surface area contributed by atoms with E-state index in [4.69, 9.17) is 4.74 Å². The van der Waals surface area contributed by atoms with Gasteiger partial charge in [-0.05, 0) is 19.8 Å². The fraction of sp³-hybridized carbons (Fsp3) is 0.667. The van der Waals surface area contributed by atoms with E-state index in [-0.39, 0.29) is 21.7 Å². The topological polar surface area (TPSA) is 88.3 Å². The van der Waals surface area contributed by atoms with Gasteiger partial charge in [0.2, 0.25) is 0 Å². The average Bonchev–Trinajstić information content (AvgIpc) is 2.85. The fourth-order valence-electron chi connectivity index (χ4n) is 1.72. The van der Waals surface area contributed by atoms with Gasteiger partial charge in [-0.3, -0.25) is 4.79 Å². The molecule has 1 aromatic heterocycles. The quantitative estimate of drug-likeness (QED) is 0.823. The van der Waals surface area contributed by atoms with Gasteiger partial charge in [-0.1, -0.05) is 11.3 Å². The molecule has 0 amide bonds. The largest absolute Gasteiger partial charge is 0.377 e. The first-order chi connectivity index (χ1) is 7.99. The number of aromatic nitrogens is 1. The monoisotopic (exact) mass is 278 g/mol. The maximum Gasteiger partial charge on any atom is 0.305 e. The third-order valence-corrected chi connectivity index (χ3v) is 5.58. The molecule has 1 aromatic rings. The van der Waals surface area contributed by atoms with Crippen LogP contribution < -0.4 is 9.60 Å². The Morgan fingerprint density at radius 2 is 2.35 bits per heavy atom. The molecule has 8 heteroatoms. The minimum atomic E-state index is -3.60. The highest BCUT2D eigenvalue weighted by Gasteiger charge is 2.23.